The van der Waals surface area contributed by atoms with E-state index in [1.165, 1.54) is 0 Å². The van der Waals surface area contributed by atoms with Crippen molar-refractivity contribution in [2.24, 2.45) is 0 Å². The first-order valence-electron chi connectivity index (χ1n) is 6.14. The number of nitrogens with zero attached hydrogens (tertiary/aromatic N) is 1. The molecule has 2 N–H and O–H groups in total. The number of hydrogen-bond donors (Lipinski definition) is 2. The Labute approximate surface area is 126 Å². The predicted molar refractivity (Wildman–Crippen MR) is 80.4 cm³/mol. The first-order chi connectivity index (χ1) is 9.08. The van der Waals surface area contributed by atoms with E-state index in [4.69, 9.17) is 4.74 Å². The molecule has 1 unspecified atom stereocenters. The average Bonchev–Trinajstić information content (AvgIpc) is 2.42. The lowest BCUT2D eigenvalue weighted by molar-refractivity contribution is 0.0103. The number of phenolic OH excluding ortho intramolecular Hbond substituents is 1. The van der Waals surface area contributed by atoms with Crippen LogP contribution < -0.4 is 5.32 Å². The van der Waals surface area contributed by atoms with Gasteiger partial charge in [-0.2, -0.15) is 0 Å². The molecule has 1 aromatic rings. The van der Waals surface area contributed by atoms with Gasteiger partial charge in [-0.05, 0) is 40.8 Å². The van der Waals surface area contributed by atoms with Crippen LogP contribution in [0.1, 0.15) is 10.4 Å². The normalized spacial score (nSPS) is 19.2. The van der Waals surface area contributed by atoms with Crippen LogP contribution in [-0.2, 0) is 4.74 Å². The molecule has 0 saturated carbocycles. The van der Waals surface area contributed by atoms with Gasteiger partial charge in [-0.25, -0.2) is 0 Å². The number of carbonyl (C=O) groups is 1. The van der Waals surface area contributed by atoms with E-state index in [1.807, 2.05) is 0 Å². The predicted octanol–water partition coefficient (Wildman–Crippen LogP) is 1.06. The summed E-state index contributed by atoms with van der Waals surface area (Å²) in [6, 6.07) is 5.00. The van der Waals surface area contributed by atoms with Gasteiger partial charge in [-0.15, -0.1) is 0 Å². The van der Waals surface area contributed by atoms with Crippen LogP contribution in [0.4, 0.5) is 0 Å². The summed E-state index contributed by atoms with van der Waals surface area (Å²) in [4.78, 5) is 13.9. The van der Waals surface area contributed by atoms with Gasteiger partial charge in [0.15, 0.2) is 0 Å². The molecule has 104 valence electrons. The molecule has 1 amide bonds. The highest BCUT2D eigenvalue weighted by molar-refractivity contribution is 14.1. The van der Waals surface area contributed by atoms with Crippen LogP contribution in [0.25, 0.3) is 0 Å². The van der Waals surface area contributed by atoms with Crippen molar-refractivity contribution >= 4 is 28.5 Å². The van der Waals surface area contributed by atoms with Crippen LogP contribution in [0.2, 0.25) is 0 Å². The maximum Gasteiger partial charge on any atom is 0.257 e. The second-order valence-corrected chi connectivity index (χ2v) is 5.79. The van der Waals surface area contributed by atoms with Crippen molar-refractivity contribution in [3.63, 3.8) is 0 Å². The number of rotatable bonds is 3. The summed E-state index contributed by atoms with van der Waals surface area (Å²) in [5.41, 5.74) is 0.332. The number of carbonyl (C=O) groups excluding carboxylic acids is 1. The lowest BCUT2D eigenvalue weighted by Gasteiger charge is -2.28. The zero-order chi connectivity index (χ0) is 13.8. The monoisotopic (exact) mass is 376 g/mol. The van der Waals surface area contributed by atoms with Gasteiger partial charge in [0.05, 0.1) is 18.3 Å². The van der Waals surface area contributed by atoms with E-state index in [0.717, 1.165) is 16.7 Å². The van der Waals surface area contributed by atoms with Crippen molar-refractivity contribution in [1.82, 2.24) is 10.2 Å². The van der Waals surface area contributed by atoms with Gasteiger partial charge in [-0.3, -0.25) is 4.79 Å². The number of morpholine rings is 1. The van der Waals surface area contributed by atoms with E-state index in [2.05, 4.69) is 27.9 Å². The number of aromatic hydroxyl groups is 1. The minimum Gasteiger partial charge on any atom is -0.507 e. The molecular weight excluding hydrogens is 359 g/mol. The van der Waals surface area contributed by atoms with E-state index in [-0.39, 0.29) is 17.8 Å². The molecule has 1 heterocycles. The molecular formula is C13H17IN2O3. The lowest BCUT2D eigenvalue weighted by Crippen LogP contribution is -2.45. The molecule has 1 aliphatic rings. The largest absolute Gasteiger partial charge is 0.507 e. The van der Waals surface area contributed by atoms with E-state index < -0.39 is 0 Å². The van der Waals surface area contributed by atoms with Gasteiger partial charge in [0, 0.05) is 30.3 Å². The summed E-state index contributed by atoms with van der Waals surface area (Å²) in [6.45, 7) is 2.78. The van der Waals surface area contributed by atoms with E-state index in [9.17, 15) is 9.90 Å². The zero-order valence-corrected chi connectivity index (χ0v) is 12.9. The zero-order valence-electron chi connectivity index (χ0n) is 10.7. The van der Waals surface area contributed by atoms with Crippen LogP contribution in [0.3, 0.4) is 0 Å². The molecule has 0 aromatic heterocycles. The fourth-order valence-electron chi connectivity index (χ4n) is 2.01. The fraction of sp³-hybridized carbons (Fsp3) is 0.462. The first-order valence-corrected chi connectivity index (χ1v) is 7.22. The number of hydrogen-bond acceptors (Lipinski definition) is 4. The number of nitrogens with one attached hydrogen (secondary N) is 1. The summed E-state index contributed by atoms with van der Waals surface area (Å²) < 4.78 is 6.49. The molecule has 19 heavy (non-hydrogen) atoms. The third-order valence-corrected chi connectivity index (χ3v) is 3.69. The molecule has 1 aliphatic heterocycles. The Morgan fingerprint density at radius 3 is 3.11 bits per heavy atom. The molecule has 1 atom stereocenters. The Balaban J connectivity index is 2.03. The summed E-state index contributed by atoms with van der Waals surface area (Å²) >= 11 is 2.12. The molecule has 5 nitrogen and oxygen atoms in total. The van der Waals surface area contributed by atoms with Crippen molar-refractivity contribution in [3.8, 4) is 5.75 Å². The highest BCUT2D eigenvalue weighted by atomic mass is 127. The lowest BCUT2D eigenvalue weighted by atomic mass is 10.1. The summed E-state index contributed by atoms with van der Waals surface area (Å²) in [5, 5.41) is 13.0. The van der Waals surface area contributed by atoms with Gasteiger partial charge in [-0.1, -0.05) is 0 Å². The molecule has 1 fully saturated rings. The van der Waals surface area contributed by atoms with E-state index >= 15 is 0 Å². The van der Waals surface area contributed by atoms with Crippen molar-refractivity contribution < 1.29 is 14.6 Å². The molecule has 0 radical (unpaired) electrons. The second-order valence-electron chi connectivity index (χ2n) is 4.54. The maximum absolute atomic E-state index is 12.3. The molecule has 1 saturated heterocycles. The summed E-state index contributed by atoms with van der Waals surface area (Å²) in [5.74, 6) is -0.176. The minimum absolute atomic E-state index is 0.00706. The Morgan fingerprint density at radius 1 is 1.63 bits per heavy atom. The van der Waals surface area contributed by atoms with Gasteiger partial charge in [0.1, 0.15) is 5.75 Å². The fourth-order valence-corrected chi connectivity index (χ4v) is 2.50. The van der Waals surface area contributed by atoms with Crippen LogP contribution in [0.15, 0.2) is 18.2 Å². The molecule has 0 spiro atoms. The van der Waals surface area contributed by atoms with Gasteiger partial charge < -0.3 is 20.1 Å². The van der Waals surface area contributed by atoms with Crippen LogP contribution >= 0.6 is 22.6 Å². The van der Waals surface area contributed by atoms with Crippen LogP contribution in [0.5, 0.6) is 5.75 Å². The number of benzene rings is 1. The van der Waals surface area contributed by atoms with Crippen molar-refractivity contribution in [1.29, 1.82) is 0 Å². The number of amides is 1. The van der Waals surface area contributed by atoms with Crippen molar-refractivity contribution in [3.05, 3.63) is 27.3 Å². The van der Waals surface area contributed by atoms with Crippen LogP contribution in [0, 0.1) is 3.57 Å². The molecule has 0 aliphatic carbocycles. The Kier molecular flexibility index (Phi) is 5.00. The molecule has 2 rings (SSSR count). The maximum atomic E-state index is 12.3. The van der Waals surface area contributed by atoms with Crippen molar-refractivity contribution in [2.45, 2.75) is 6.10 Å². The number of ether oxygens (including phenoxy) is 1. The number of halogens is 1. The standard InChI is InChI=1S/C13H17IN2O3/c1-16(8-10-7-15-4-5-19-10)13(18)11-6-9(14)2-3-12(11)17/h2-3,6,10,15,17H,4-5,7-8H2,1H3. The Bertz CT molecular complexity index is 461. The highest BCUT2D eigenvalue weighted by Gasteiger charge is 2.21. The van der Waals surface area contributed by atoms with Crippen LogP contribution in [-0.4, -0.2) is 55.3 Å². The second kappa shape index (κ2) is 6.53. The molecule has 6 heteroatoms. The number of likely N-dealkylation sites (N-methyl/N-ethyl adjacent to an activating group) is 1. The first kappa shape index (κ1) is 14.5. The topological polar surface area (TPSA) is 61.8 Å². The Morgan fingerprint density at radius 2 is 2.42 bits per heavy atom. The van der Waals surface area contributed by atoms with Gasteiger partial charge in [0.25, 0.3) is 5.91 Å². The quantitative estimate of drug-likeness (QED) is 0.775. The summed E-state index contributed by atoms with van der Waals surface area (Å²) in [7, 11) is 1.72. The smallest absolute Gasteiger partial charge is 0.257 e. The molecule has 1 aromatic carbocycles. The molecule has 0 bridgehead atoms. The van der Waals surface area contributed by atoms with E-state index in [1.54, 1.807) is 30.1 Å². The Hall–Kier alpha value is -0.860. The third-order valence-electron chi connectivity index (χ3n) is 3.02. The SMILES string of the molecule is CN(CC1CNCCO1)C(=O)c1cc(I)ccc1O. The van der Waals surface area contributed by atoms with Crippen molar-refractivity contribution in [2.75, 3.05) is 33.3 Å². The third kappa shape index (κ3) is 3.80. The minimum atomic E-state index is -0.190. The summed E-state index contributed by atoms with van der Waals surface area (Å²) in [6.07, 6.45) is 0.00706. The van der Waals surface area contributed by atoms with Gasteiger partial charge in [0.2, 0.25) is 0 Å². The number of phenols is 1. The average molecular weight is 376 g/mol. The van der Waals surface area contributed by atoms with Gasteiger partial charge >= 0.3 is 0 Å². The highest BCUT2D eigenvalue weighted by Crippen LogP contribution is 2.21. The van der Waals surface area contributed by atoms with E-state index in [0.29, 0.717) is 18.7 Å².